The topological polar surface area (TPSA) is 23.6 Å². The summed E-state index contributed by atoms with van der Waals surface area (Å²) in [6, 6.07) is 2.77. The lowest BCUT2D eigenvalue weighted by Gasteiger charge is -2.26. The quantitative estimate of drug-likeness (QED) is 0.446. The molecule has 0 N–H and O–H groups in total. The van der Waals surface area contributed by atoms with Crippen LogP contribution in [0.25, 0.3) is 0 Å². The van der Waals surface area contributed by atoms with Crippen LogP contribution in [-0.4, -0.2) is 49.8 Å². The average molecular weight is 194 g/mol. The Bertz CT molecular complexity index is 254. The van der Waals surface area contributed by atoms with Crippen LogP contribution in [-0.2, 0) is 4.79 Å². The van der Waals surface area contributed by atoms with Crippen LogP contribution in [0.3, 0.4) is 0 Å². The second-order valence-corrected chi connectivity index (χ2v) is 4.07. The Hall–Kier alpha value is -1.01. The number of rotatable bonds is 1. The van der Waals surface area contributed by atoms with Gasteiger partial charge in [-0.25, -0.2) is 0 Å². The minimum atomic E-state index is 0.104. The van der Waals surface area contributed by atoms with Crippen LogP contribution in [0.4, 0.5) is 0 Å². The fourth-order valence-corrected chi connectivity index (χ4v) is 1.54. The molecule has 0 unspecified atom stereocenters. The van der Waals surface area contributed by atoms with Crippen LogP contribution in [0, 0.1) is 17.9 Å². The van der Waals surface area contributed by atoms with Crippen LogP contribution in [0.5, 0.6) is 0 Å². The zero-order valence-electron chi connectivity index (χ0n) is 9.21. The SMILES string of the molecule is CN(C)C#CC(=O)C1CCN(C)CC1. The second kappa shape index (κ2) is 5.02. The zero-order chi connectivity index (χ0) is 10.6. The van der Waals surface area contributed by atoms with E-state index in [-0.39, 0.29) is 11.7 Å². The van der Waals surface area contributed by atoms with Gasteiger partial charge >= 0.3 is 0 Å². The summed E-state index contributed by atoms with van der Waals surface area (Å²) < 4.78 is 0. The number of ketones is 1. The summed E-state index contributed by atoms with van der Waals surface area (Å²) in [5.41, 5.74) is 0. The van der Waals surface area contributed by atoms with Crippen molar-refractivity contribution in [3.05, 3.63) is 0 Å². The molecule has 0 aromatic carbocycles. The minimum Gasteiger partial charge on any atom is -0.338 e. The predicted molar refractivity (Wildman–Crippen MR) is 56.7 cm³/mol. The highest BCUT2D eigenvalue weighted by molar-refractivity contribution is 5.97. The molecule has 0 amide bonds. The number of carbonyl (C=O) groups is 1. The van der Waals surface area contributed by atoms with Gasteiger partial charge in [-0.1, -0.05) is 0 Å². The minimum absolute atomic E-state index is 0.104. The molecule has 1 aliphatic rings. The van der Waals surface area contributed by atoms with E-state index in [1.807, 2.05) is 14.1 Å². The summed E-state index contributed by atoms with van der Waals surface area (Å²) in [7, 11) is 5.77. The highest BCUT2D eigenvalue weighted by Crippen LogP contribution is 2.16. The molecule has 1 saturated heterocycles. The molecule has 0 atom stereocenters. The van der Waals surface area contributed by atoms with Gasteiger partial charge in [0.2, 0.25) is 5.78 Å². The Balaban J connectivity index is 2.43. The van der Waals surface area contributed by atoms with Gasteiger partial charge in [0.05, 0.1) is 0 Å². The maximum absolute atomic E-state index is 11.6. The lowest BCUT2D eigenvalue weighted by atomic mass is 9.93. The Morgan fingerprint density at radius 2 is 1.93 bits per heavy atom. The van der Waals surface area contributed by atoms with Crippen LogP contribution in [0.15, 0.2) is 0 Å². The standard InChI is InChI=1S/C11H18N2O/c1-12(2)7-6-11(14)10-4-8-13(3)9-5-10/h10H,4-5,8-9H2,1-3H3. The number of piperidine rings is 1. The van der Waals surface area contributed by atoms with Gasteiger partial charge in [-0.05, 0) is 38.9 Å². The van der Waals surface area contributed by atoms with E-state index in [1.54, 1.807) is 4.90 Å². The summed E-state index contributed by atoms with van der Waals surface area (Å²) in [4.78, 5) is 15.6. The van der Waals surface area contributed by atoms with Crippen molar-refractivity contribution in [1.29, 1.82) is 0 Å². The summed E-state index contributed by atoms with van der Waals surface area (Å²) in [6.45, 7) is 2.03. The summed E-state index contributed by atoms with van der Waals surface area (Å²) in [6.07, 6.45) is 1.91. The smallest absolute Gasteiger partial charge is 0.210 e. The van der Waals surface area contributed by atoms with Crippen molar-refractivity contribution in [2.75, 3.05) is 34.2 Å². The monoisotopic (exact) mass is 194 g/mol. The van der Waals surface area contributed by atoms with Crippen LogP contribution in [0.2, 0.25) is 0 Å². The third kappa shape index (κ3) is 3.39. The lowest BCUT2D eigenvalue weighted by Crippen LogP contribution is -2.33. The molecule has 1 rings (SSSR count). The van der Waals surface area contributed by atoms with E-state index < -0.39 is 0 Å². The van der Waals surface area contributed by atoms with E-state index in [2.05, 4.69) is 23.9 Å². The highest BCUT2D eigenvalue weighted by atomic mass is 16.1. The van der Waals surface area contributed by atoms with E-state index >= 15 is 0 Å². The fraction of sp³-hybridized carbons (Fsp3) is 0.727. The fourth-order valence-electron chi connectivity index (χ4n) is 1.54. The Morgan fingerprint density at radius 3 is 2.43 bits per heavy atom. The lowest BCUT2D eigenvalue weighted by molar-refractivity contribution is -0.118. The van der Waals surface area contributed by atoms with Crippen LogP contribution in [0.1, 0.15) is 12.8 Å². The van der Waals surface area contributed by atoms with Crippen LogP contribution < -0.4 is 0 Å². The number of likely N-dealkylation sites (tertiary alicyclic amines) is 1. The Morgan fingerprint density at radius 1 is 1.36 bits per heavy atom. The summed E-state index contributed by atoms with van der Waals surface area (Å²) in [5.74, 6) is 2.95. The molecule has 1 aliphatic heterocycles. The molecule has 0 spiro atoms. The molecule has 0 bridgehead atoms. The van der Waals surface area contributed by atoms with Gasteiger partial charge in [0.1, 0.15) is 0 Å². The summed E-state index contributed by atoms with van der Waals surface area (Å²) in [5, 5.41) is 0. The first-order chi connectivity index (χ1) is 6.59. The molecule has 1 fully saturated rings. The maximum Gasteiger partial charge on any atom is 0.210 e. The number of hydrogen-bond donors (Lipinski definition) is 0. The van der Waals surface area contributed by atoms with E-state index in [0.29, 0.717) is 0 Å². The Kier molecular flexibility index (Phi) is 3.97. The van der Waals surface area contributed by atoms with Gasteiger partial charge in [0.15, 0.2) is 0 Å². The molecule has 3 nitrogen and oxygen atoms in total. The molecular weight excluding hydrogens is 176 g/mol. The third-order valence-electron chi connectivity index (χ3n) is 2.49. The first-order valence-corrected chi connectivity index (χ1v) is 5.01. The maximum atomic E-state index is 11.6. The molecule has 0 saturated carbocycles. The van der Waals surface area contributed by atoms with E-state index in [9.17, 15) is 4.79 Å². The van der Waals surface area contributed by atoms with Gasteiger partial charge in [0, 0.05) is 26.1 Å². The van der Waals surface area contributed by atoms with Crippen molar-refractivity contribution in [3.63, 3.8) is 0 Å². The van der Waals surface area contributed by atoms with Gasteiger partial charge in [-0.3, -0.25) is 4.79 Å². The van der Waals surface area contributed by atoms with Gasteiger partial charge in [0.25, 0.3) is 0 Å². The van der Waals surface area contributed by atoms with Gasteiger partial charge < -0.3 is 9.80 Å². The van der Waals surface area contributed by atoms with Crippen molar-refractivity contribution >= 4 is 5.78 Å². The largest absolute Gasteiger partial charge is 0.338 e. The molecule has 1 heterocycles. The average Bonchev–Trinajstić information content (AvgIpc) is 2.15. The third-order valence-corrected chi connectivity index (χ3v) is 2.49. The zero-order valence-corrected chi connectivity index (χ0v) is 9.21. The first-order valence-electron chi connectivity index (χ1n) is 5.01. The predicted octanol–water partition coefficient (Wildman–Crippen LogP) is 0.420. The van der Waals surface area contributed by atoms with Crippen molar-refractivity contribution in [1.82, 2.24) is 9.80 Å². The van der Waals surface area contributed by atoms with E-state index in [0.717, 1.165) is 25.9 Å². The Labute approximate surface area is 86.1 Å². The van der Waals surface area contributed by atoms with Gasteiger partial charge in [-0.2, -0.15) is 0 Å². The molecular formula is C11H18N2O. The summed E-state index contributed by atoms with van der Waals surface area (Å²) >= 11 is 0. The van der Waals surface area contributed by atoms with Crippen molar-refractivity contribution in [3.8, 4) is 12.0 Å². The van der Waals surface area contributed by atoms with Crippen molar-refractivity contribution in [2.24, 2.45) is 5.92 Å². The number of carbonyl (C=O) groups excluding carboxylic acids is 1. The number of hydrogen-bond acceptors (Lipinski definition) is 3. The van der Waals surface area contributed by atoms with E-state index in [4.69, 9.17) is 0 Å². The van der Waals surface area contributed by atoms with Crippen molar-refractivity contribution in [2.45, 2.75) is 12.8 Å². The second-order valence-electron chi connectivity index (χ2n) is 4.07. The highest BCUT2D eigenvalue weighted by Gasteiger charge is 2.21. The molecule has 3 heteroatoms. The number of nitrogens with zero attached hydrogens (tertiary/aromatic N) is 2. The van der Waals surface area contributed by atoms with Gasteiger partial charge in [-0.15, -0.1) is 0 Å². The number of Topliss-reactive ketones (excluding diaryl/α,β-unsaturated/α-hetero) is 1. The van der Waals surface area contributed by atoms with Crippen LogP contribution >= 0.6 is 0 Å². The first kappa shape index (κ1) is 11.1. The molecule has 0 aliphatic carbocycles. The normalized spacial score (nSPS) is 18.5. The molecule has 0 aromatic rings. The molecule has 0 radical (unpaired) electrons. The molecule has 14 heavy (non-hydrogen) atoms. The molecule has 78 valence electrons. The van der Waals surface area contributed by atoms with Crippen molar-refractivity contribution < 1.29 is 4.79 Å². The van der Waals surface area contributed by atoms with E-state index in [1.165, 1.54) is 0 Å². The molecule has 0 aromatic heterocycles.